The van der Waals surface area contributed by atoms with Crippen LogP contribution in [0.25, 0.3) is 0 Å². The number of hydrogen-bond donors (Lipinski definition) is 1. The van der Waals surface area contributed by atoms with E-state index in [2.05, 4.69) is 11.2 Å². The Labute approximate surface area is 81.3 Å². The van der Waals surface area contributed by atoms with Gasteiger partial charge in [-0.05, 0) is 37.5 Å². The molecule has 0 amide bonds. The highest BCUT2D eigenvalue weighted by molar-refractivity contribution is 4.99. The summed E-state index contributed by atoms with van der Waals surface area (Å²) in [5.74, 6) is 2.68. The zero-order valence-corrected chi connectivity index (χ0v) is 8.31. The van der Waals surface area contributed by atoms with Gasteiger partial charge in [0.15, 0.2) is 0 Å². The highest BCUT2D eigenvalue weighted by atomic mass is 14.9. The second-order valence-electron chi connectivity index (χ2n) is 4.70. The number of hydrogen-bond acceptors (Lipinski definition) is 1. The average molecular weight is 177 g/mol. The maximum atomic E-state index is 5.22. The molecular weight excluding hydrogens is 158 g/mol. The average Bonchev–Trinajstić information content (AvgIpc) is 2.86. The van der Waals surface area contributed by atoms with Crippen molar-refractivity contribution in [3.05, 3.63) is 0 Å². The Kier molecular flexibility index (Phi) is 2.60. The minimum absolute atomic E-state index is 0.768. The summed E-state index contributed by atoms with van der Waals surface area (Å²) in [5.41, 5.74) is 0.784. The van der Waals surface area contributed by atoms with Crippen molar-refractivity contribution in [3.63, 3.8) is 0 Å². The minimum Gasteiger partial charge on any atom is -0.313 e. The molecule has 0 bridgehead atoms. The molecule has 1 unspecified atom stereocenters. The zero-order chi connectivity index (χ0) is 9.15. The van der Waals surface area contributed by atoms with Crippen LogP contribution in [0.5, 0.6) is 0 Å². The van der Waals surface area contributed by atoms with Gasteiger partial charge in [0, 0.05) is 19.0 Å². The smallest absolute Gasteiger partial charge is 0.0211 e. The van der Waals surface area contributed by atoms with Gasteiger partial charge >= 0.3 is 0 Å². The van der Waals surface area contributed by atoms with Crippen molar-refractivity contribution in [2.45, 2.75) is 51.0 Å². The summed E-state index contributed by atoms with van der Waals surface area (Å²) >= 11 is 0. The van der Waals surface area contributed by atoms with Gasteiger partial charge in [-0.25, -0.2) is 0 Å². The Morgan fingerprint density at radius 2 is 2.23 bits per heavy atom. The molecule has 2 rings (SSSR count). The van der Waals surface area contributed by atoms with E-state index in [4.69, 9.17) is 6.42 Å². The summed E-state index contributed by atoms with van der Waals surface area (Å²) in [6.07, 6.45) is 14.8. The molecule has 0 heterocycles. The third-order valence-corrected chi connectivity index (χ3v) is 3.60. The molecule has 2 fully saturated rings. The van der Waals surface area contributed by atoms with Gasteiger partial charge in [-0.15, -0.1) is 12.3 Å². The van der Waals surface area contributed by atoms with E-state index in [1.807, 2.05) is 0 Å². The van der Waals surface area contributed by atoms with Crippen LogP contribution in [0.2, 0.25) is 0 Å². The van der Waals surface area contributed by atoms with Gasteiger partial charge in [-0.3, -0.25) is 0 Å². The van der Waals surface area contributed by atoms with Crippen LogP contribution in [-0.4, -0.2) is 12.6 Å². The van der Waals surface area contributed by atoms with Gasteiger partial charge in [0.1, 0.15) is 0 Å². The molecule has 13 heavy (non-hydrogen) atoms. The van der Waals surface area contributed by atoms with Crippen LogP contribution < -0.4 is 5.32 Å². The van der Waals surface area contributed by atoms with E-state index in [1.165, 1.54) is 38.5 Å². The van der Waals surface area contributed by atoms with Crippen LogP contribution >= 0.6 is 0 Å². The fourth-order valence-corrected chi connectivity index (χ4v) is 2.60. The van der Waals surface area contributed by atoms with Crippen molar-refractivity contribution in [2.24, 2.45) is 5.41 Å². The summed E-state index contributed by atoms with van der Waals surface area (Å²) in [4.78, 5) is 0. The number of terminal acetylenes is 1. The molecule has 1 heteroatoms. The van der Waals surface area contributed by atoms with Crippen molar-refractivity contribution >= 4 is 0 Å². The van der Waals surface area contributed by atoms with Crippen LogP contribution in [0, 0.1) is 17.8 Å². The molecule has 2 aliphatic carbocycles. The Morgan fingerprint density at radius 3 is 2.92 bits per heavy atom. The molecule has 0 aromatic carbocycles. The second-order valence-corrected chi connectivity index (χ2v) is 4.70. The topological polar surface area (TPSA) is 12.0 Å². The molecule has 1 N–H and O–H groups in total. The van der Waals surface area contributed by atoms with Gasteiger partial charge in [-0.2, -0.15) is 0 Å². The Bertz CT molecular complexity index is 210. The van der Waals surface area contributed by atoms with Gasteiger partial charge in [0.05, 0.1) is 0 Å². The molecule has 0 aromatic rings. The van der Waals surface area contributed by atoms with Crippen LogP contribution in [0.1, 0.15) is 44.9 Å². The van der Waals surface area contributed by atoms with Crippen LogP contribution in [0.4, 0.5) is 0 Å². The monoisotopic (exact) mass is 177 g/mol. The Hall–Kier alpha value is -0.480. The highest BCUT2D eigenvalue weighted by Crippen LogP contribution is 2.56. The first-order chi connectivity index (χ1) is 6.35. The SMILES string of the molecule is C#CCCNC1CCCC2(CC2)C1. The van der Waals surface area contributed by atoms with Crippen molar-refractivity contribution in [1.29, 1.82) is 0 Å². The van der Waals surface area contributed by atoms with Gasteiger partial charge in [0.2, 0.25) is 0 Å². The fourth-order valence-electron chi connectivity index (χ4n) is 2.60. The highest BCUT2D eigenvalue weighted by Gasteiger charge is 2.45. The first-order valence-electron chi connectivity index (χ1n) is 5.52. The maximum Gasteiger partial charge on any atom is 0.0211 e. The molecule has 0 aliphatic heterocycles. The van der Waals surface area contributed by atoms with Gasteiger partial charge < -0.3 is 5.32 Å². The quantitative estimate of drug-likeness (QED) is 0.515. The third-order valence-electron chi connectivity index (χ3n) is 3.60. The van der Waals surface area contributed by atoms with E-state index in [-0.39, 0.29) is 0 Å². The van der Waals surface area contributed by atoms with Crippen LogP contribution in [0.15, 0.2) is 0 Å². The summed E-state index contributed by atoms with van der Waals surface area (Å²) in [7, 11) is 0. The molecule has 0 saturated heterocycles. The van der Waals surface area contributed by atoms with E-state index in [9.17, 15) is 0 Å². The first-order valence-corrected chi connectivity index (χ1v) is 5.52. The third kappa shape index (κ3) is 2.25. The van der Waals surface area contributed by atoms with Crippen molar-refractivity contribution in [1.82, 2.24) is 5.32 Å². The predicted molar refractivity (Wildman–Crippen MR) is 55.4 cm³/mol. The first kappa shape index (κ1) is 9.09. The number of rotatable bonds is 3. The maximum absolute atomic E-state index is 5.22. The molecular formula is C12H19N. The van der Waals surface area contributed by atoms with E-state index in [1.54, 1.807) is 0 Å². The Morgan fingerprint density at radius 1 is 1.38 bits per heavy atom. The normalized spacial score (nSPS) is 29.9. The van der Waals surface area contributed by atoms with E-state index >= 15 is 0 Å². The standard InChI is InChI=1S/C12H19N/c1-2-3-9-13-11-5-4-6-12(10-11)7-8-12/h1,11,13H,3-10H2. The minimum atomic E-state index is 0.768. The largest absolute Gasteiger partial charge is 0.313 e. The lowest BCUT2D eigenvalue weighted by Gasteiger charge is -2.29. The molecule has 2 aliphatic rings. The molecule has 0 aromatic heterocycles. The van der Waals surface area contributed by atoms with Crippen LogP contribution in [0.3, 0.4) is 0 Å². The lowest BCUT2D eigenvalue weighted by molar-refractivity contribution is 0.269. The van der Waals surface area contributed by atoms with E-state index in [0.717, 1.165) is 24.4 Å². The van der Waals surface area contributed by atoms with Crippen LogP contribution in [-0.2, 0) is 0 Å². The lowest BCUT2D eigenvalue weighted by atomic mass is 9.83. The molecule has 2 saturated carbocycles. The summed E-state index contributed by atoms with van der Waals surface area (Å²) < 4.78 is 0. The van der Waals surface area contributed by atoms with E-state index in [0.29, 0.717) is 0 Å². The molecule has 1 nitrogen and oxygen atoms in total. The molecule has 1 atom stereocenters. The summed E-state index contributed by atoms with van der Waals surface area (Å²) in [6.45, 7) is 1.01. The van der Waals surface area contributed by atoms with Crippen molar-refractivity contribution in [3.8, 4) is 12.3 Å². The Balaban J connectivity index is 1.71. The molecule has 72 valence electrons. The lowest BCUT2D eigenvalue weighted by Crippen LogP contribution is -2.35. The van der Waals surface area contributed by atoms with Crippen molar-refractivity contribution < 1.29 is 0 Å². The summed E-state index contributed by atoms with van der Waals surface area (Å²) in [6, 6.07) is 0.768. The second kappa shape index (κ2) is 3.72. The zero-order valence-electron chi connectivity index (χ0n) is 8.31. The van der Waals surface area contributed by atoms with Gasteiger partial charge in [-0.1, -0.05) is 6.42 Å². The van der Waals surface area contributed by atoms with E-state index < -0.39 is 0 Å². The molecule has 0 radical (unpaired) electrons. The van der Waals surface area contributed by atoms with Crippen molar-refractivity contribution in [2.75, 3.05) is 6.54 Å². The summed E-state index contributed by atoms with van der Waals surface area (Å²) in [5, 5.41) is 3.58. The predicted octanol–water partition coefficient (Wildman–Crippen LogP) is 2.32. The number of nitrogens with one attached hydrogen (secondary N) is 1. The molecule has 1 spiro atoms. The van der Waals surface area contributed by atoms with Gasteiger partial charge in [0.25, 0.3) is 0 Å². The fraction of sp³-hybridized carbons (Fsp3) is 0.833.